The Bertz CT molecular complexity index is 1270. The van der Waals surface area contributed by atoms with Gasteiger partial charge in [-0.1, -0.05) is 18.2 Å². The molecular weight excluding hydrogens is 451 g/mol. The van der Waals surface area contributed by atoms with Crippen LogP contribution in [0, 0.1) is 0 Å². The van der Waals surface area contributed by atoms with Gasteiger partial charge in [-0.05, 0) is 37.1 Å². The number of thiazole rings is 1. The number of carbonyl (C=O) groups excluding carboxylic acids is 1. The van der Waals surface area contributed by atoms with Gasteiger partial charge >= 0.3 is 6.18 Å². The van der Waals surface area contributed by atoms with Gasteiger partial charge in [0, 0.05) is 36.1 Å². The molecule has 6 nitrogen and oxygen atoms in total. The summed E-state index contributed by atoms with van der Waals surface area (Å²) in [6.45, 7) is 1.28. The molecule has 10 heteroatoms. The van der Waals surface area contributed by atoms with Crippen LogP contribution in [0.25, 0.3) is 16.2 Å². The van der Waals surface area contributed by atoms with E-state index in [0.29, 0.717) is 29.4 Å². The number of halogens is 3. The van der Waals surface area contributed by atoms with Crippen molar-refractivity contribution in [1.29, 1.82) is 0 Å². The molecule has 0 unspecified atom stereocenters. The Morgan fingerprint density at radius 2 is 1.82 bits per heavy atom. The van der Waals surface area contributed by atoms with Crippen molar-refractivity contribution in [2.45, 2.75) is 31.4 Å². The molecule has 33 heavy (non-hydrogen) atoms. The average Bonchev–Trinajstić information content (AvgIpc) is 3.46. The second kappa shape index (κ2) is 8.58. The molecule has 0 N–H and O–H groups in total. The molecule has 1 saturated heterocycles. The molecule has 0 saturated carbocycles. The smallest absolute Gasteiger partial charge is 0.342 e. The molecule has 0 spiro atoms. The minimum absolute atomic E-state index is 0.00354. The lowest BCUT2D eigenvalue weighted by Crippen LogP contribution is -2.39. The van der Waals surface area contributed by atoms with E-state index in [-0.39, 0.29) is 18.2 Å². The molecule has 4 aromatic rings. The number of hydrogen-bond donors (Lipinski definition) is 0. The van der Waals surface area contributed by atoms with Gasteiger partial charge < -0.3 is 4.90 Å². The Morgan fingerprint density at radius 3 is 2.55 bits per heavy atom. The average molecular weight is 472 g/mol. The third-order valence-corrected chi connectivity index (χ3v) is 6.84. The van der Waals surface area contributed by atoms with Gasteiger partial charge in [0.1, 0.15) is 10.8 Å². The number of rotatable bonds is 4. The molecule has 170 valence electrons. The van der Waals surface area contributed by atoms with Crippen molar-refractivity contribution >= 4 is 22.9 Å². The Morgan fingerprint density at radius 1 is 1.06 bits per heavy atom. The predicted molar refractivity (Wildman–Crippen MR) is 118 cm³/mol. The highest BCUT2D eigenvalue weighted by Crippen LogP contribution is 2.32. The number of amides is 1. The maximum atomic E-state index is 12.8. The summed E-state index contributed by atoms with van der Waals surface area (Å²) >= 11 is 1.32. The Balaban J connectivity index is 1.19. The van der Waals surface area contributed by atoms with Crippen molar-refractivity contribution in [2.75, 3.05) is 13.1 Å². The van der Waals surface area contributed by atoms with E-state index in [4.69, 9.17) is 0 Å². The highest BCUT2D eigenvalue weighted by molar-refractivity contribution is 7.13. The zero-order valence-corrected chi connectivity index (χ0v) is 18.3. The summed E-state index contributed by atoms with van der Waals surface area (Å²) in [7, 11) is 0. The maximum absolute atomic E-state index is 12.8. The molecule has 1 aliphatic rings. The topological polar surface area (TPSA) is 63.4 Å². The molecule has 0 bridgehead atoms. The highest BCUT2D eigenvalue weighted by Gasteiger charge is 2.30. The number of benzene rings is 1. The van der Waals surface area contributed by atoms with Crippen molar-refractivity contribution in [3.63, 3.8) is 0 Å². The summed E-state index contributed by atoms with van der Waals surface area (Å²) in [6.07, 6.45) is -0.605. The summed E-state index contributed by atoms with van der Waals surface area (Å²) in [5.41, 5.74) is 1.36. The third-order valence-electron chi connectivity index (χ3n) is 5.90. The first-order valence-electron chi connectivity index (χ1n) is 10.6. The molecule has 4 heterocycles. The number of likely N-dealkylation sites (tertiary alicyclic amines) is 1. The molecular formula is C23H20F3N5OS. The van der Waals surface area contributed by atoms with Gasteiger partial charge in [0.2, 0.25) is 5.91 Å². The van der Waals surface area contributed by atoms with Crippen LogP contribution in [0.1, 0.15) is 35.8 Å². The van der Waals surface area contributed by atoms with Crippen molar-refractivity contribution in [2.24, 2.45) is 0 Å². The van der Waals surface area contributed by atoms with Gasteiger partial charge in [-0.3, -0.25) is 9.20 Å². The van der Waals surface area contributed by atoms with Crippen LogP contribution in [0.2, 0.25) is 0 Å². The van der Waals surface area contributed by atoms with Crippen LogP contribution in [0.15, 0.2) is 54.0 Å². The lowest BCUT2D eigenvalue weighted by atomic mass is 9.95. The van der Waals surface area contributed by atoms with E-state index in [1.807, 2.05) is 33.7 Å². The second-order valence-electron chi connectivity index (χ2n) is 8.04. The van der Waals surface area contributed by atoms with Crippen LogP contribution >= 0.6 is 11.3 Å². The van der Waals surface area contributed by atoms with Crippen molar-refractivity contribution in [3.05, 3.63) is 71.1 Å². The quantitative estimate of drug-likeness (QED) is 0.428. The van der Waals surface area contributed by atoms with Gasteiger partial charge in [-0.15, -0.1) is 21.5 Å². The zero-order valence-electron chi connectivity index (χ0n) is 17.5. The fourth-order valence-corrected chi connectivity index (χ4v) is 4.94. The van der Waals surface area contributed by atoms with E-state index in [9.17, 15) is 18.0 Å². The molecule has 1 aliphatic heterocycles. The largest absolute Gasteiger partial charge is 0.416 e. The Hall–Kier alpha value is -3.27. The molecule has 0 aliphatic carbocycles. The summed E-state index contributed by atoms with van der Waals surface area (Å²) in [4.78, 5) is 19.1. The number of pyridine rings is 1. The number of fused-ring (bicyclic) bond motifs is 1. The minimum Gasteiger partial charge on any atom is -0.342 e. The maximum Gasteiger partial charge on any atom is 0.416 e. The lowest BCUT2D eigenvalue weighted by molar-refractivity contribution is -0.137. The van der Waals surface area contributed by atoms with Crippen molar-refractivity contribution in [1.82, 2.24) is 24.5 Å². The number of carbonyl (C=O) groups is 1. The number of alkyl halides is 3. The van der Waals surface area contributed by atoms with Gasteiger partial charge in [0.15, 0.2) is 5.65 Å². The molecule has 1 fully saturated rings. The SMILES string of the molecule is O=C(Cc1csc(-c2ccc(C(F)(F)F)cc2)n1)N1CCC(c2nnc3ccccn23)CC1. The number of hydrogen-bond acceptors (Lipinski definition) is 5. The summed E-state index contributed by atoms with van der Waals surface area (Å²) < 4.78 is 40.3. The molecule has 1 amide bonds. The fourth-order valence-electron chi connectivity index (χ4n) is 4.11. The predicted octanol–water partition coefficient (Wildman–Crippen LogP) is 4.82. The van der Waals surface area contributed by atoms with E-state index in [1.165, 1.54) is 23.5 Å². The molecule has 0 radical (unpaired) electrons. The van der Waals surface area contributed by atoms with Gasteiger partial charge in [-0.25, -0.2) is 4.98 Å². The van der Waals surface area contributed by atoms with Crippen LogP contribution in [0.4, 0.5) is 13.2 Å². The first-order chi connectivity index (χ1) is 15.9. The molecule has 0 atom stereocenters. The third kappa shape index (κ3) is 4.47. The fraction of sp³-hybridized carbons (Fsp3) is 0.304. The van der Waals surface area contributed by atoms with Crippen LogP contribution in [-0.4, -0.2) is 43.5 Å². The van der Waals surface area contributed by atoms with E-state index in [0.717, 1.165) is 36.4 Å². The van der Waals surface area contributed by atoms with E-state index < -0.39 is 11.7 Å². The van der Waals surface area contributed by atoms with Crippen LogP contribution < -0.4 is 0 Å². The highest BCUT2D eigenvalue weighted by atomic mass is 32.1. The van der Waals surface area contributed by atoms with Crippen LogP contribution in [0.5, 0.6) is 0 Å². The van der Waals surface area contributed by atoms with E-state index >= 15 is 0 Å². The summed E-state index contributed by atoms with van der Waals surface area (Å²) in [5.74, 6) is 1.18. The van der Waals surface area contributed by atoms with E-state index in [1.54, 1.807) is 5.38 Å². The standard InChI is InChI=1S/C23H20F3N5OS/c24-23(25,26)17-6-4-16(5-7-17)22-27-18(14-33-22)13-20(32)30-11-8-15(9-12-30)21-29-28-19-3-1-2-10-31(19)21/h1-7,10,14-15H,8-9,11-13H2. The first kappa shape index (κ1) is 21.6. The Labute approximate surface area is 191 Å². The first-order valence-corrected chi connectivity index (χ1v) is 11.5. The van der Waals surface area contributed by atoms with E-state index in [2.05, 4.69) is 15.2 Å². The Kier molecular flexibility index (Phi) is 5.61. The van der Waals surface area contributed by atoms with Gasteiger partial charge in [-0.2, -0.15) is 13.2 Å². The zero-order chi connectivity index (χ0) is 23.0. The van der Waals surface area contributed by atoms with Gasteiger partial charge in [0.25, 0.3) is 0 Å². The normalized spacial score (nSPS) is 15.3. The molecule has 1 aromatic carbocycles. The number of nitrogens with zero attached hydrogens (tertiary/aromatic N) is 5. The summed E-state index contributed by atoms with van der Waals surface area (Å²) in [6, 6.07) is 10.7. The van der Waals surface area contributed by atoms with Crippen LogP contribution in [-0.2, 0) is 17.4 Å². The number of piperidine rings is 1. The lowest BCUT2D eigenvalue weighted by Gasteiger charge is -2.31. The van der Waals surface area contributed by atoms with Crippen molar-refractivity contribution in [3.8, 4) is 10.6 Å². The molecule has 5 rings (SSSR count). The number of aromatic nitrogens is 4. The second-order valence-corrected chi connectivity index (χ2v) is 8.90. The van der Waals surface area contributed by atoms with Crippen LogP contribution in [0.3, 0.4) is 0 Å². The van der Waals surface area contributed by atoms with Crippen molar-refractivity contribution < 1.29 is 18.0 Å². The monoisotopic (exact) mass is 471 g/mol. The molecule has 3 aromatic heterocycles. The van der Waals surface area contributed by atoms with Gasteiger partial charge in [0.05, 0.1) is 17.7 Å². The minimum atomic E-state index is -4.37. The summed E-state index contributed by atoms with van der Waals surface area (Å²) in [5, 5.41) is 11.0.